The zero-order chi connectivity index (χ0) is 14.3. The van der Waals surface area contributed by atoms with E-state index in [0.29, 0.717) is 11.2 Å². The molecule has 8 heteroatoms. The number of hydrogen-bond donors (Lipinski definition) is 1. The average molecular weight is 325 g/mol. The van der Waals surface area contributed by atoms with Crippen molar-refractivity contribution >= 4 is 26.6 Å². The summed E-state index contributed by atoms with van der Waals surface area (Å²) in [5, 5.41) is 0.612. The van der Waals surface area contributed by atoms with Crippen LogP contribution in [0.15, 0.2) is 24.3 Å². The Kier molecular flexibility index (Phi) is 7.12. The molecule has 1 unspecified atom stereocenters. The fourth-order valence-corrected chi connectivity index (χ4v) is 6.30. The van der Waals surface area contributed by atoms with E-state index in [1.54, 1.807) is 38.1 Å². The van der Waals surface area contributed by atoms with E-state index in [1.807, 2.05) is 4.95 Å². The molecule has 0 fully saturated rings. The fraction of sp³-hybridized carbons (Fsp3) is 0.455. The van der Waals surface area contributed by atoms with E-state index in [2.05, 4.69) is 0 Å². The number of benzene rings is 1. The molecule has 0 bridgehead atoms. The quantitative estimate of drug-likeness (QED) is 0.745. The smallest absolute Gasteiger partial charge is 0.301 e. The highest BCUT2D eigenvalue weighted by Crippen LogP contribution is 2.72. The van der Waals surface area contributed by atoms with Crippen molar-refractivity contribution < 1.29 is 18.6 Å². The van der Waals surface area contributed by atoms with E-state index >= 15 is 0 Å². The van der Waals surface area contributed by atoms with Gasteiger partial charge in [0.1, 0.15) is 0 Å². The molecule has 0 amide bonds. The zero-order valence-corrected chi connectivity index (χ0v) is 13.4. The van der Waals surface area contributed by atoms with Gasteiger partial charge in [-0.15, -0.1) is 0 Å². The molecule has 1 rings (SSSR count). The summed E-state index contributed by atoms with van der Waals surface area (Å²) in [5.41, 5.74) is 0.860. The maximum atomic E-state index is 12.5. The molecule has 1 aromatic carbocycles. The number of nitrogens with one attached hydrogen (secondary N) is 1. The first-order valence-electron chi connectivity index (χ1n) is 5.85. The van der Waals surface area contributed by atoms with Crippen molar-refractivity contribution in [3.63, 3.8) is 0 Å². The van der Waals surface area contributed by atoms with Crippen molar-refractivity contribution in [2.24, 2.45) is 0 Å². The van der Waals surface area contributed by atoms with Crippen LogP contribution in [0.3, 0.4) is 0 Å². The maximum absolute atomic E-state index is 12.5. The highest BCUT2D eigenvalue weighted by molar-refractivity contribution is 8.25. The van der Waals surface area contributed by atoms with Gasteiger partial charge in [0.25, 0.3) is 0 Å². The molecule has 0 saturated carbocycles. The minimum atomic E-state index is -3.40. The van der Waals surface area contributed by atoms with Crippen molar-refractivity contribution in [2.75, 3.05) is 13.2 Å². The topological polar surface area (TPSA) is 66.6 Å². The molecular weight excluding hydrogens is 308 g/mol. The Labute approximate surface area is 118 Å². The highest BCUT2D eigenvalue weighted by atomic mass is 35.5. The summed E-state index contributed by atoms with van der Waals surface area (Å²) in [6.07, 6.45) is 0.313. The molecule has 19 heavy (non-hydrogen) atoms. The SMILES string of the molecule is CCOP(=O)(OCC)P(Cc1ccc(Cl)cc1)[NH+]=O. The van der Waals surface area contributed by atoms with Gasteiger partial charge >= 0.3 is 15.0 Å². The molecule has 0 heterocycles. The normalized spacial score (nSPS) is 13.2. The molecule has 1 aromatic rings. The first kappa shape index (κ1) is 16.7. The van der Waals surface area contributed by atoms with Gasteiger partial charge in [-0.25, -0.2) is 4.57 Å². The van der Waals surface area contributed by atoms with Crippen LogP contribution < -0.4 is 4.95 Å². The first-order valence-corrected chi connectivity index (χ1v) is 10.0. The van der Waals surface area contributed by atoms with Gasteiger partial charge in [0.2, 0.25) is 0 Å². The first-order chi connectivity index (χ1) is 9.05. The molecule has 0 aliphatic carbocycles. The number of hydrogen-bond acceptors (Lipinski definition) is 4. The second-order valence-corrected chi connectivity index (χ2v) is 9.69. The van der Waals surface area contributed by atoms with Crippen molar-refractivity contribution in [3.8, 4) is 0 Å². The van der Waals surface area contributed by atoms with Crippen LogP contribution in [0.1, 0.15) is 19.4 Å². The van der Waals surface area contributed by atoms with Gasteiger partial charge in [0.15, 0.2) is 0 Å². The summed E-state index contributed by atoms with van der Waals surface area (Å²) in [7, 11) is -5.04. The third-order valence-electron chi connectivity index (χ3n) is 2.23. The van der Waals surface area contributed by atoms with Crippen molar-refractivity contribution in [2.45, 2.75) is 20.0 Å². The van der Waals surface area contributed by atoms with Crippen molar-refractivity contribution in [3.05, 3.63) is 39.8 Å². The van der Waals surface area contributed by atoms with Gasteiger partial charge in [0.05, 0.1) is 19.4 Å². The summed E-state index contributed by atoms with van der Waals surface area (Å²) < 4.78 is 22.9. The lowest BCUT2D eigenvalue weighted by atomic mass is 10.2. The monoisotopic (exact) mass is 324 g/mol. The predicted octanol–water partition coefficient (Wildman–Crippen LogP) is 3.27. The fourth-order valence-electron chi connectivity index (χ4n) is 1.43. The van der Waals surface area contributed by atoms with E-state index in [0.717, 1.165) is 5.56 Å². The van der Waals surface area contributed by atoms with Crippen molar-refractivity contribution in [1.29, 1.82) is 0 Å². The van der Waals surface area contributed by atoms with Gasteiger partial charge in [-0.05, 0) is 31.5 Å². The standard InChI is InChI=1S/C11H16ClNO4P2/c1-3-16-19(15,17-4-2)18(13-14)9-10-5-7-11(12)8-6-10/h5-8H,3-4,9H2,1-2H3/p+1. The third-order valence-corrected chi connectivity index (χ3v) is 8.25. The van der Waals surface area contributed by atoms with Crippen LogP contribution in [0.5, 0.6) is 0 Å². The van der Waals surface area contributed by atoms with Gasteiger partial charge in [0, 0.05) is 14.9 Å². The molecule has 0 aliphatic heterocycles. The number of rotatable bonds is 8. The summed E-state index contributed by atoms with van der Waals surface area (Å²) in [5.74, 6) is 0. The van der Waals surface area contributed by atoms with Crippen LogP contribution in [0.4, 0.5) is 0 Å². The summed E-state index contributed by atoms with van der Waals surface area (Å²) >= 11 is 5.80. The molecule has 0 spiro atoms. The van der Waals surface area contributed by atoms with Crippen LogP contribution in [0, 0.1) is 4.91 Å². The van der Waals surface area contributed by atoms with Gasteiger partial charge in [-0.1, -0.05) is 23.7 Å². The van der Waals surface area contributed by atoms with Crippen LogP contribution >= 0.6 is 26.6 Å². The molecule has 0 saturated heterocycles. The minimum absolute atomic E-state index is 0.235. The lowest BCUT2D eigenvalue weighted by molar-refractivity contribution is -0.288. The second-order valence-electron chi connectivity index (χ2n) is 3.58. The Morgan fingerprint density at radius 1 is 1.21 bits per heavy atom. The number of halogens is 1. The maximum Gasteiger partial charge on any atom is 0.422 e. The van der Waals surface area contributed by atoms with E-state index in [-0.39, 0.29) is 13.2 Å². The van der Waals surface area contributed by atoms with E-state index < -0.39 is 15.0 Å². The average Bonchev–Trinajstić information content (AvgIpc) is 2.38. The summed E-state index contributed by atoms with van der Waals surface area (Å²) in [4.78, 5) is 13.0. The molecule has 1 N–H and O–H groups in total. The molecule has 106 valence electrons. The van der Waals surface area contributed by atoms with Crippen LogP contribution in [0.2, 0.25) is 5.02 Å². The minimum Gasteiger partial charge on any atom is -0.301 e. The van der Waals surface area contributed by atoms with Gasteiger partial charge < -0.3 is 9.05 Å². The Balaban J connectivity index is 2.88. The molecule has 1 atom stereocenters. The predicted molar refractivity (Wildman–Crippen MR) is 77.3 cm³/mol. The lowest BCUT2D eigenvalue weighted by Gasteiger charge is -2.16. The Morgan fingerprint density at radius 3 is 2.16 bits per heavy atom. The summed E-state index contributed by atoms with van der Waals surface area (Å²) in [6, 6.07) is 7.03. The molecular formula is C11H17ClNO4P2+. The molecule has 0 radical (unpaired) electrons. The Hall–Kier alpha value is -0.310. The number of nitroso groups, excluding NO2 is 1. The third kappa shape index (κ3) is 4.94. The Morgan fingerprint density at radius 2 is 1.74 bits per heavy atom. The summed E-state index contributed by atoms with van der Waals surface area (Å²) in [6.45, 7) is 3.90. The van der Waals surface area contributed by atoms with Gasteiger partial charge in [-0.2, -0.15) is 0 Å². The molecule has 0 aromatic heterocycles. The zero-order valence-electron chi connectivity index (χ0n) is 10.8. The van der Waals surface area contributed by atoms with Gasteiger partial charge in [-0.3, -0.25) is 0 Å². The van der Waals surface area contributed by atoms with Crippen LogP contribution in [0.25, 0.3) is 0 Å². The Bertz CT molecular complexity index is 445. The second kappa shape index (κ2) is 8.08. The van der Waals surface area contributed by atoms with E-state index in [9.17, 15) is 9.47 Å². The lowest BCUT2D eigenvalue weighted by Crippen LogP contribution is -2.55. The van der Waals surface area contributed by atoms with E-state index in [1.165, 1.54) is 0 Å². The molecule has 5 nitrogen and oxygen atoms in total. The highest BCUT2D eigenvalue weighted by Gasteiger charge is 2.44. The van der Waals surface area contributed by atoms with Crippen LogP contribution in [-0.2, 0) is 19.8 Å². The van der Waals surface area contributed by atoms with Crippen LogP contribution in [-0.4, -0.2) is 13.2 Å². The molecule has 0 aliphatic rings. The van der Waals surface area contributed by atoms with E-state index in [4.69, 9.17) is 20.6 Å². The van der Waals surface area contributed by atoms with Crippen molar-refractivity contribution in [1.82, 2.24) is 0 Å². The largest absolute Gasteiger partial charge is 0.422 e.